The smallest absolute Gasteiger partial charge is 0.311 e. The topological polar surface area (TPSA) is 38.3 Å². The summed E-state index contributed by atoms with van der Waals surface area (Å²) in [6, 6.07) is 8.98. The number of carbonyl (C=O) groups excluding carboxylic acids is 1. The average molecular weight is 303 g/mol. The van der Waals surface area contributed by atoms with Gasteiger partial charge in [0.1, 0.15) is 0 Å². The first-order valence-electron chi connectivity index (χ1n) is 8.49. The summed E-state index contributed by atoms with van der Waals surface area (Å²) in [5.74, 6) is 0.480. The number of ether oxygens (including phenoxy) is 1. The molecule has 2 rings (SSSR count). The van der Waals surface area contributed by atoms with Crippen LogP contribution in [-0.4, -0.2) is 18.6 Å². The van der Waals surface area contributed by atoms with Gasteiger partial charge in [-0.3, -0.25) is 4.79 Å². The minimum absolute atomic E-state index is 0.0315. The summed E-state index contributed by atoms with van der Waals surface area (Å²) in [6.07, 6.45) is 3.82. The molecule has 1 saturated carbocycles. The molecule has 0 aromatic heterocycles. The highest BCUT2D eigenvalue weighted by molar-refractivity contribution is 5.76. The molecule has 0 saturated heterocycles. The van der Waals surface area contributed by atoms with E-state index in [0.29, 0.717) is 18.6 Å². The zero-order chi connectivity index (χ0) is 16.2. The van der Waals surface area contributed by atoms with Crippen LogP contribution in [0.3, 0.4) is 0 Å². The van der Waals surface area contributed by atoms with Crippen molar-refractivity contribution in [1.29, 1.82) is 0 Å². The maximum absolute atomic E-state index is 12.1. The van der Waals surface area contributed by atoms with Gasteiger partial charge in [-0.05, 0) is 57.1 Å². The SMILES string of the molecule is CCOC(=O)C1(C)CCC(Nc2ccccc2C(C)C)CC1. The van der Waals surface area contributed by atoms with Gasteiger partial charge in [-0.25, -0.2) is 0 Å². The molecule has 0 atom stereocenters. The average Bonchev–Trinajstić information content (AvgIpc) is 2.50. The molecule has 3 heteroatoms. The van der Waals surface area contributed by atoms with Crippen LogP contribution in [0.1, 0.15) is 64.9 Å². The Bertz CT molecular complexity index is 502. The summed E-state index contributed by atoms with van der Waals surface area (Å²) in [5, 5.41) is 3.69. The molecular weight excluding hydrogens is 274 g/mol. The zero-order valence-electron chi connectivity index (χ0n) is 14.3. The largest absolute Gasteiger partial charge is 0.466 e. The number of para-hydroxylation sites is 1. The summed E-state index contributed by atoms with van der Waals surface area (Å²) in [6.45, 7) is 8.83. The Labute approximate surface area is 134 Å². The van der Waals surface area contributed by atoms with Gasteiger partial charge in [-0.1, -0.05) is 32.0 Å². The first-order chi connectivity index (χ1) is 10.5. The predicted octanol–water partition coefficient (Wildman–Crippen LogP) is 4.73. The molecule has 1 fully saturated rings. The molecule has 122 valence electrons. The van der Waals surface area contributed by atoms with Crippen LogP contribution < -0.4 is 5.32 Å². The zero-order valence-corrected chi connectivity index (χ0v) is 14.3. The standard InChI is InChI=1S/C19H29NO2/c1-5-22-18(21)19(4)12-10-15(11-13-19)20-17-9-7-6-8-16(17)14(2)3/h6-9,14-15,20H,5,10-13H2,1-4H3. The van der Waals surface area contributed by atoms with Crippen molar-refractivity contribution in [3.63, 3.8) is 0 Å². The maximum Gasteiger partial charge on any atom is 0.311 e. The Balaban J connectivity index is 1.97. The van der Waals surface area contributed by atoms with Crippen LogP contribution in [0.15, 0.2) is 24.3 Å². The summed E-state index contributed by atoms with van der Waals surface area (Å²) in [7, 11) is 0. The van der Waals surface area contributed by atoms with E-state index in [0.717, 1.165) is 25.7 Å². The lowest BCUT2D eigenvalue weighted by atomic mass is 9.74. The lowest BCUT2D eigenvalue weighted by Crippen LogP contribution is -2.38. The fraction of sp³-hybridized carbons (Fsp3) is 0.632. The highest BCUT2D eigenvalue weighted by atomic mass is 16.5. The second kappa shape index (κ2) is 7.17. The Morgan fingerprint density at radius 2 is 1.95 bits per heavy atom. The molecule has 0 spiro atoms. The number of hydrogen-bond acceptors (Lipinski definition) is 3. The van der Waals surface area contributed by atoms with Crippen LogP contribution in [-0.2, 0) is 9.53 Å². The molecule has 3 nitrogen and oxygen atoms in total. The van der Waals surface area contributed by atoms with Crippen molar-refractivity contribution < 1.29 is 9.53 Å². The van der Waals surface area contributed by atoms with Crippen LogP contribution in [0.25, 0.3) is 0 Å². The normalized spacial score (nSPS) is 25.0. The second-order valence-electron chi connectivity index (χ2n) is 6.94. The van der Waals surface area contributed by atoms with Crippen molar-refractivity contribution in [2.75, 3.05) is 11.9 Å². The van der Waals surface area contributed by atoms with Crippen molar-refractivity contribution in [2.24, 2.45) is 5.41 Å². The Morgan fingerprint density at radius 3 is 2.55 bits per heavy atom. The van der Waals surface area contributed by atoms with Gasteiger partial charge in [-0.15, -0.1) is 0 Å². The van der Waals surface area contributed by atoms with E-state index in [-0.39, 0.29) is 11.4 Å². The van der Waals surface area contributed by atoms with E-state index in [9.17, 15) is 4.79 Å². The fourth-order valence-corrected chi connectivity index (χ4v) is 3.26. The Hall–Kier alpha value is -1.51. The van der Waals surface area contributed by atoms with Crippen molar-refractivity contribution in [3.05, 3.63) is 29.8 Å². The molecule has 0 bridgehead atoms. The summed E-state index contributed by atoms with van der Waals surface area (Å²) >= 11 is 0. The highest BCUT2D eigenvalue weighted by Gasteiger charge is 2.38. The molecule has 1 N–H and O–H groups in total. The van der Waals surface area contributed by atoms with Crippen LogP contribution in [0.5, 0.6) is 0 Å². The van der Waals surface area contributed by atoms with E-state index in [1.54, 1.807) is 0 Å². The van der Waals surface area contributed by atoms with Crippen LogP contribution >= 0.6 is 0 Å². The fourth-order valence-electron chi connectivity index (χ4n) is 3.26. The quantitative estimate of drug-likeness (QED) is 0.799. The maximum atomic E-state index is 12.1. The van der Waals surface area contributed by atoms with Gasteiger partial charge in [0.25, 0.3) is 0 Å². The first kappa shape index (κ1) is 16.9. The van der Waals surface area contributed by atoms with Gasteiger partial charge >= 0.3 is 5.97 Å². The third-order valence-corrected chi connectivity index (χ3v) is 4.80. The first-order valence-corrected chi connectivity index (χ1v) is 8.49. The number of hydrogen-bond donors (Lipinski definition) is 1. The van der Waals surface area contributed by atoms with E-state index >= 15 is 0 Å². The number of esters is 1. The molecule has 0 heterocycles. The Kier molecular flexibility index (Phi) is 5.49. The van der Waals surface area contributed by atoms with Crippen molar-refractivity contribution in [3.8, 4) is 0 Å². The molecule has 0 aliphatic heterocycles. The van der Waals surface area contributed by atoms with Gasteiger partial charge in [-0.2, -0.15) is 0 Å². The summed E-state index contributed by atoms with van der Waals surface area (Å²) in [4.78, 5) is 12.1. The number of benzene rings is 1. The molecule has 0 amide bonds. The van der Waals surface area contributed by atoms with Crippen LogP contribution in [0.2, 0.25) is 0 Å². The van der Waals surface area contributed by atoms with Gasteiger partial charge in [0.2, 0.25) is 0 Å². The minimum Gasteiger partial charge on any atom is -0.466 e. The third kappa shape index (κ3) is 3.82. The summed E-state index contributed by atoms with van der Waals surface area (Å²) in [5.41, 5.74) is 2.30. The van der Waals surface area contributed by atoms with E-state index in [1.807, 2.05) is 13.8 Å². The molecule has 0 radical (unpaired) electrons. The van der Waals surface area contributed by atoms with Gasteiger partial charge in [0.05, 0.1) is 12.0 Å². The second-order valence-corrected chi connectivity index (χ2v) is 6.94. The summed E-state index contributed by atoms with van der Waals surface area (Å²) < 4.78 is 5.23. The molecule has 22 heavy (non-hydrogen) atoms. The molecular formula is C19H29NO2. The minimum atomic E-state index is -0.300. The van der Waals surface area contributed by atoms with E-state index in [1.165, 1.54) is 11.3 Å². The van der Waals surface area contributed by atoms with E-state index in [4.69, 9.17) is 4.74 Å². The molecule has 1 aromatic carbocycles. The van der Waals surface area contributed by atoms with Crippen molar-refractivity contribution >= 4 is 11.7 Å². The molecule has 0 unspecified atom stereocenters. The highest BCUT2D eigenvalue weighted by Crippen LogP contribution is 2.38. The van der Waals surface area contributed by atoms with Crippen molar-refractivity contribution in [1.82, 2.24) is 0 Å². The molecule has 1 aliphatic rings. The lowest BCUT2D eigenvalue weighted by Gasteiger charge is -2.36. The van der Waals surface area contributed by atoms with Crippen LogP contribution in [0.4, 0.5) is 5.69 Å². The number of anilines is 1. The van der Waals surface area contributed by atoms with Gasteiger partial charge < -0.3 is 10.1 Å². The predicted molar refractivity (Wildman–Crippen MR) is 91.1 cm³/mol. The molecule has 1 aromatic rings. The number of nitrogens with one attached hydrogen (secondary N) is 1. The Morgan fingerprint density at radius 1 is 1.32 bits per heavy atom. The van der Waals surface area contributed by atoms with E-state index < -0.39 is 0 Å². The van der Waals surface area contributed by atoms with E-state index in [2.05, 4.69) is 43.4 Å². The van der Waals surface area contributed by atoms with Crippen LogP contribution in [0, 0.1) is 5.41 Å². The monoisotopic (exact) mass is 303 g/mol. The number of carbonyl (C=O) groups is 1. The van der Waals surface area contributed by atoms with Gasteiger partial charge in [0.15, 0.2) is 0 Å². The molecule has 1 aliphatic carbocycles. The number of rotatable bonds is 5. The van der Waals surface area contributed by atoms with Gasteiger partial charge in [0, 0.05) is 11.7 Å². The van der Waals surface area contributed by atoms with Crippen molar-refractivity contribution in [2.45, 2.75) is 65.3 Å². The third-order valence-electron chi connectivity index (χ3n) is 4.80. The lowest BCUT2D eigenvalue weighted by molar-refractivity contribution is -0.156.